The minimum Gasteiger partial charge on any atom is -0.495 e. The van der Waals surface area contributed by atoms with E-state index in [-0.39, 0.29) is 17.7 Å². The Morgan fingerprint density at radius 2 is 1.61 bits per heavy atom. The lowest BCUT2D eigenvalue weighted by atomic mass is 10.1. The monoisotopic (exact) mass is 312 g/mol. The molecule has 0 saturated heterocycles. The normalized spacial score (nSPS) is 10.3. The van der Waals surface area contributed by atoms with Crippen molar-refractivity contribution in [3.63, 3.8) is 0 Å². The standard InChI is InChI=1S/C18H20N2O3/c1-12(2)17(21)19-14-10-8-13(9-11-14)18(22)20-15-6-4-5-7-16(15)23-3/h4-12H,1-3H3,(H,19,21)(H,20,22). The maximum atomic E-state index is 12.3. The summed E-state index contributed by atoms with van der Waals surface area (Å²) in [6.45, 7) is 3.65. The highest BCUT2D eigenvalue weighted by Gasteiger charge is 2.10. The average molecular weight is 312 g/mol. The number of para-hydroxylation sites is 2. The average Bonchev–Trinajstić information content (AvgIpc) is 2.55. The number of rotatable bonds is 5. The Kier molecular flexibility index (Phi) is 5.36. The van der Waals surface area contributed by atoms with Gasteiger partial charge in [0.1, 0.15) is 5.75 Å². The van der Waals surface area contributed by atoms with Crippen LogP contribution in [0.3, 0.4) is 0 Å². The summed E-state index contributed by atoms with van der Waals surface area (Å²) in [6.07, 6.45) is 0. The molecule has 0 radical (unpaired) electrons. The van der Waals surface area contributed by atoms with E-state index in [1.165, 1.54) is 0 Å². The smallest absolute Gasteiger partial charge is 0.255 e. The van der Waals surface area contributed by atoms with Crippen molar-refractivity contribution in [1.82, 2.24) is 0 Å². The first-order chi connectivity index (χ1) is 11.0. The van der Waals surface area contributed by atoms with Crippen LogP contribution in [0, 0.1) is 5.92 Å². The number of ether oxygens (including phenoxy) is 1. The van der Waals surface area contributed by atoms with Crippen LogP contribution in [0.4, 0.5) is 11.4 Å². The minimum absolute atomic E-state index is 0.0591. The van der Waals surface area contributed by atoms with E-state index in [0.29, 0.717) is 22.7 Å². The molecule has 120 valence electrons. The van der Waals surface area contributed by atoms with Gasteiger partial charge in [-0.05, 0) is 36.4 Å². The van der Waals surface area contributed by atoms with Crippen LogP contribution in [0.5, 0.6) is 5.75 Å². The summed E-state index contributed by atoms with van der Waals surface area (Å²) >= 11 is 0. The Bertz CT molecular complexity index is 694. The molecule has 5 nitrogen and oxygen atoms in total. The number of amides is 2. The zero-order chi connectivity index (χ0) is 16.8. The highest BCUT2D eigenvalue weighted by Crippen LogP contribution is 2.23. The maximum Gasteiger partial charge on any atom is 0.255 e. The van der Waals surface area contributed by atoms with Crippen molar-refractivity contribution in [2.45, 2.75) is 13.8 Å². The van der Waals surface area contributed by atoms with Crippen molar-refractivity contribution in [3.8, 4) is 5.75 Å². The van der Waals surface area contributed by atoms with Gasteiger partial charge in [0, 0.05) is 17.2 Å². The number of anilines is 2. The van der Waals surface area contributed by atoms with Crippen molar-refractivity contribution in [1.29, 1.82) is 0 Å². The molecule has 2 aromatic rings. The molecule has 0 fully saturated rings. The van der Waals surface area contributed by atoms with Crippen LogP contribution in [0.2, 0.25) is 0 Å². The molecule has 2 N–H and O–H groups in total. The van der Waals surface area contributed by atoms with Gasteiger partial charge >= 0.3 is 0 Å². The fourth-order valence-corrected chi connectivity index (χ4v) is 1.93. The van der Waals surface area contributed by atoms with Gasteiger partial charge < -0.3 is 15.4 Å². The molecule has 2 aromatic carbocycles. The summed E-state index contributed by atoms with van der Waals surface area (Å²) in [6, 6.07) is 14.0. The van der Waals surface area contributed by atoms with Gasteiger partial charge in [0.05, 0.1) is 12.8 Å². The Labute approximate surface area is 135 Å². The molecule has 0 aliphatic heterocycles. The second-order valence-electron chi connectivity index (χ2n) is 5.38. The van der Waals surface area contributed by atoms with E-state index >= 15 is 0 Å². The molecule has 2 rings (SSSR count). The quantitative estimate of drug-likeness (QED) is 0.887. The van der Waals surface area contributed by atoms with E-state index < -0.39 is 0 Å². The van der Waals surface area contributed by atoms with Crippen molar-refractivity contribution in [3.05, 3.63) is 54.1 Å². The number of carbonyl (C=O) groups is 2. The predicted molar refractivity (Wildman–Crippen MR) is 90.9 cm³/mol. The summed E-state index contributed by atoms with van der Waals surface area (Å²) in [5.41, 5.74) is 1.77. The summed E-state index contributed by atoms with van der Waals surface area (Å²) < 4.78 is 5.21. The van der Waals surface area contributed by atoms with Crippen molar-refractivity contribution in [2.75, 3.05) is 17.7 Å². The molecule has 0 aromatic heterocycles. The van der Waals surface area contributed by atoms with Gasteiger partial charge in [0.15, 0.2) is 0 Å². The molecular formula is C18H20N2O3. The SMILES string of the molecule is COc1ccccc1NC(=O)c1ccc(NC(=O)C(C)C)cc1. The molecular weight excluding hydrogens is 292 g/mol. The van der Waals surface area contributed by atoms with Gasteiger partial charge in [0.25, 0.3) is 5.91 Å². The molecule has 0 heterocycles. The molecule has 2 amide bonds. The van der Waals surface area contributed by atoms with Crippen LogP contribution < -0.4 is 15.4 Å². The number of benzene rings is 2. The van der Waals surface area contributed by atoms with E-state index in [1.807, 2.05) is 26.0 Å². The molecule has 0 unspecified atom stereocenters. The molecule has 0 aliphatic carbocycles. The molecule has 0 atom stereocenters. The van der Waals surface area contributed by atoms with Crippen LogP contribution >= 0.6 is 0 Å². The Balaban J connectivity index is 2.07. The van der Waals surface area contributed by atoms with Gasteiger partial charge in [-0.2, -0.15) is 0 Å². The third kappa shape index (κ3) is 4.32. The van der Waals surface area contributed by atoms with Gasteiger partial charge in [-0.1, -0.05) is 26.0 Å². The maximum absolute atomic E-state index is 12.3. The van der Waals surface area contributed by atoms with Gasteiger partial charge in [-0.15, -0.1) is 0 Å². The van der Waals surface area contributed by atoms with E-state index in [0.717, 1.165) is 0 Å². The topological polar surface area (TPSA) is 67.4 Å². The van der Waals surface area contributed by atoms with Crippen molar-refractivity contribution in [2.24, 2.45) is 5.92 Å². The molecule has 0 spiro atoms. The van der Waals surface area contributed by atoms with E-state index in [4.69, 9.17) is 4.74 Å². The van der Waals surface area contributed by atoms with Gasteiger partial charge in [0.2, 0.25) is 5.91 Å². The fourth-order valence-electron chi connectivity index (χ4n) is 1.93. The lowest BCUT2D eigenvalue weighted by molar-refractivity contribution is -0.118. The first-order valence-corrected chi connectivity index (χ1v) is 7.36. The Morgan fingerprint density at radius 3 is 2.22 bits per heavy atom. The van der Waals surface area contributed by atoms with Crippen molar-refractivity contribution >= 4 is 23.2 Å². The van der Waals surface area contributed by atoms with E-state index in [1.54, 1.807) is 43.5 Å². The number of carbonyl (C=O) groups excluding carboxylic acids is 2. The Hall–Kier alpha value is -2.82. The second-order valence-corrected chi connectivity index (χ2v) is 5.38. The fraction of sp³-hybridized carbons (Fsp3) is 0.222. The largest absolute Gasteiger partial charge is 0.495 e. The summed E-state index contributed by atoms with van der Waals surface area (Å²) in [4.78, 5) is 23.9. The number of methoxy groups -OCH3 is 1. The van der Waals surface area contributed by atoms with Crippen LogP contribution in [-0.2, 0) is 4.79 Å². The summed E-state index contributed by atoms with van der Waals surface area (Å²) in [5, 5.41) is 5.59. The lowest BCUT2D eigenvalue weighted by Crippen LogP contribution is -2.18. The third-order valence-electron chi connectivity index (χ3n) is 3.29. The molecule has 5 heteroatoms. The van der Waals surface area contributed by atoms with Crippen molar-refractivity contribution < 1.29 is 14.3 Å². The molecule has 23 heavy (non-hydrogen) atoms. The molecule has 0 saturated carbocycles. The van der Waals surface area contributed by atoms with E-state index in [9.17, 15) is 9.59 Å². The zero-order valence-electron chi connectivity index (χ0n) is 13.4. The predicted octanol–water partition coefficient (Wildman–Crippen LogP) is 3.54. The summed E-state index contributed by atoms with van der Waals surface area (Å²) in [5.74, 6) is 0.206. The van der Waals surface area contributed by atoms with Crippen LogP contribution in [0.25, 0.3) is 0 Å². The highest BCUT2D eigenvalue weighted by atomic mass is 16.5. The highest BCUT2D eigenvalue weighted by molar-refractivity contribution is 6.05. The number of hydrogen-bond acceptors (Lipinski definition) is 3. The minimum atomic E-state index is -0.240. The third-order valence-corrected chi connectivity index (χ3v) is 3.29. The van der Waals surface area contributed by atoms with Gasteiger partial charge in [-0.25, -0.2) is 0 Å². The first kappa shape index (κ1) is 16.5. The van der Waals surface area contributed by atoms with Crippen LogP contribution in [-0.4, -0.2) is 18.9 Å². The van der Waals surface area contributed by atoms with Gasteiger partial charge in [-0.3, -0.25) is 9.59 Å². The number of hydrogen-bond donors (Lipinski definition) is 2. The zero-order valence-corrected chi connectivity index (χ0v) is 13.4. The van der Waals surface area contributed by atoms with Crippen LogP contribution in [0.15, 0.2) is 48.5 Å². The Morgan fingerprint density at radius 1 is 0.957 bits per heavy atom. The number of nitrogens with one attached hydrogen (secondary N) is 2. The summed E-state index contributed by atoms with van der Waals surface area (Å²) in [7, 11) is 1.55. The van der Waals surface area contributed by atoms with Crippen LogP contribution in [0.1, 0.15) is 24.2 Å². The van der Waals surface area contributed by atoms with E-state index in [2.05, 4.69) is 10.6 Å². The lowest BCUT2D eigenvalue weighted by Gasteiger charge is -2.11. The molecule has 0 aliphatic rings. The molecule has 0 bridgehead atoms. The second kappa shape index (κ2) is 7.45. The first-order valence-electron chi connectivity index (χ1n) is 7.36.